The van der Waals surface area contributed by atoms with E-state index in [9.17, 15) is 4.79 Å². The summed E-state index contributed by atoms with van der Waals surface area (Å²) < 4.78 is 4.95. The number of halogens is 1. The van der Waals surface area contributed by atoms with Gasteiger partial charge in [0.05, 0.1) is 13.2 Å². The van der Waals surface area contributed by atoms with Gasteiger partial charge in [0.2, 0.25) is 0 Å². The standard InChI is InChI=1S/C7H14N2O3.ClH/c8-3-5-12-4-1-2-6(9)7(10)11;/h1-2,6H,3-5,8-9H2,(H,10,11);1H/b2-1+;. The zero-order chi connectivity index (χ0) is 9.40. The summed E-state index contributed by atoms with van der Waals surface area (Å²) in [5.41, 5.74) is 10.3. The summed E-state index contributed by atoms with van der Waals surface area (Å²) in [6.07, 6.45) is 2.94. The fraction of sp³-hybridized carbons (Fsp3) is 0.571. The van der Waals surface area contributed by atoms with E-state index in [4.69, 9.17) is 21.3 Å². The van der Waals surface area contributed by atoms with Crippen molar-refractivity contribution in [1.29, 1.82) is 0 Å². The number of hydrogen-bond donors (Lipinski definition) is 3. The summed E-state index contributed by atoms with van der Waals surface area (Å²) in [4.78, 5) is 10.2. The van der Waals surface area contributed by atoms with Gasteiger partial charge in [0.15, 0.2) is 0 Å². The predicted molar refractivity (Wildman–Crippen MR) is 51.9 cm³/mol. The topological polar surface area (TPSA) is 98.6 Å². The van der Waals surface area contributed by atoms with Gasteiger partial charge in [-0.3, -0.25) is 4.79 Å². The molecule has 1 unspecified atom stereocenters. The van der Waals surface area contributed by atoms with Crippen molar-refractivity contribution in [2.24, 2.45) is 11.5 Å². The van der Waals surface area contributed by atoms with Crippen LogP contribution in [0.5, 0.6) is 0 Å². The first-order valence-electron chi connectivity index (χ1n) is 3.61. The normalized spacial score (nSPS) is 12.5. The second-order valence-electron chi connectivity index (χ2n) is 2.16. The molecular weight excluding hydrogens is 196 g/mol. The van der Waals surface area contributed by atoms with Gasteiger partial charge < -0.3 is 21.3 Å². The SMILES string of the molecule is Cl.NCCOC/C=C/C(N)C(=O)O. The lowest BCUT2D eigenvalue weighted by atomic mass is 10.3. The Hall–Kier alpha value is -0.620. The first kappa shape index (κ1) is 14.9. The van der Waals surface area contributed by atoms with Gasteiger partial charge in [-0.15, -0.1) is 12.4 Å². The summed E-state index contributed by atoms with van der Waals surface area (Å²) in [5, 5.41) is 8.35. The molecule has 0 rings (SSSR count). The van der Waals surface area contributed by atoms with Crippen LogP contribution in [0.4, 0.5) is 0 Å². The molecule has 0 aliphatic heterocycles. The van der Waals surface area contributed by atoms with Crippen molar-refractivity contribution in [3.8, 4) is 0 Å². The molecule has 0 heterocycles. The number of nitrogens with two attached hydrogens (primary N) is 2. The molecule has 0 fully saturated rings. The Kier molecular flexibility index (Phi) is 10.8. The Morgan fingerprint density at radius 3 is 2.69 bits per heavy atom. The highest BCUT2D eigenvalue weighted by Gasteiger charge is 2.04. The molecule has 0 aromatic heterocycles. The fourth-order valence-corrected chi connectivity index (χ4v) is 0.519. The number of carboxylic acid groups (broad SMARTS) is 1. The lowest BCUT2D eigenvalue weighted by molar-refractivity contribution is -0.137. The van der Waals surface area contributed by atoms with E-state index in [0.29, 0.717) is 19.8 Å². The molecule has 0 saturated heterocycles. The molecule has 0 saturated carbocycles. The number of hydrogen-bond acceptors (Lipinski definition) is 4. The predicted octanol–water partition coefficient (Wildman–Crippen LogP) is -0.648. The summed E-state index contributed by atoms with van der Waals surface area (Å²) >= 11 is 0. The molecular formula is C7H15ClN2O3. The first-order chi connectivity index (χ1) is 5.68. The maximum atomic E-state index is 10.2. The molecule has 0 radical (unpaired) electrons. The number of carbonyl (C=O) groups is 1. The highest BCUT2D eigenvalue weighted by atomic mass is 35.5. The molecule has 13 heavy (non-hydrogen) atoms. The maximum absolute atomic E-state index is 10.2. The molecule has 5 nitrogen and oxygen atoms in total. The summed E-state index contributed by atoms with van der Waals surface area (Å²) in [7, 11) is 0. The van der Waals surface area contributed by atoms with Gasteiger partial charge in [-0.2, -0.15) is 0 Å². The lowest BCUT2D eigenvalue weighted by Crippen LogP contribution is -2.27. The van der Waals surface area contributed by atoms with Gasteiger partial charge >= 0.3 is 5.97 Å². The highest BCUT2D eigenvalue weighted by Crippen LogP contribution is 1.83. The Balaban J connectivity index is 0. The monoisotopic (exact) mass is 210 g/mol. The van der Waals surface area contributed by atoms with Gasteiger partial charge in [-0.1, -0.05) is 12.2 Å². The third-order valence-electron chi connectivity index (χ3n) is 1.10. The molecule has 6 heteroatoms. The Morgan fingerprint density at radius 2 is 2.23 bits per heavy atom. The average Bonchev–Trinajstić information content (AvgIpc) is 2.03. The van der Waals surface area contributed by atoms with Gasteiger partial charge in [-0.05, 0) is 0 Å². The number of rotatable bonds is 6. The molecule has 0 spiro atoms. The van der Waals surface area contributed by atoms with E-state index in [-0.39, 0.29) is 12.4 Å². The Bertz CT molecular complexity index is 164. The van der Waals surface area contributed by atoms with Crippen LogP contribution < -0.4 is 11.5 Å². The molecule has 0 bridgehead atoms. The minimum absolute atomic E-state index is 0. The quantitative estimate of drug-likeness (QED) is 0.400. The van der Waals surface area contributed by atoms with Crippen molar-refractivity contribution < 1.29 is 14.6 Å². The summed E-state index contributed by atoms with van der Waals surface area (Å²) in [6, 6.07) is -0.952. The van der Waals surface area contributed by atoms with Crippen LogP contribution in [-0.2, 0) is 9.53 Å². The minimum atomic E-state index is -1.05. The molecule has 0 amide bonds. The largest absolute Gasteiger partial charge is 0.480 e. The van der Waals surface area contributed by atoms with E-state index in [1.165, 1.54) is 6.08 Å². The fourth-order valence-electron chi connectivity index (χ4n) is 0.519. The minimum Gasteiger partial charge on any atom is -0.480 e. The van der Waals surface area contributed by atoms with Crippen LogP contribution in [-0.4, -0.2) is 36.9 Å². The van der Waals surface area contributed by atoms with Crippen molar-refractivity contribution in [3.63, 3.8) is 0 Å². The first-order valence-corrected chi connectivity index (χ1v) is 3.61. The van der Waals surface area contributed by atoms with Crippen molar-refractivity contribution in [3.05, 3.63) is 12.2 Å². The Labute approximate surface area is 83.1 Å². The van der Waals surface area contributed by atoms with Crippen molar-refractivity contribution >= 4 is 18.4 Å². The van der Waals surface area contributed by atoms with Crippen molar-refractivity contribution in [2.45, 2.75) is 6.04 Å². The van der Waals surface area contributed by atoms with E-state index in [1.54, 1.807) is 6.08 Å². The molecule has 0 aliphatic rings. The van der Waals surface area contributed by atoms with E-state index >= 15 is 0 Å². The van der Waals surface area contributed by atoms with Crippen molar-refractivity contribution in [2.75, 3.05) is 19.8 Å². The summed E-state index contributed by atoms with van der Waals surface area (Å²) in [6.45, 7) is 1.27. The number of ether oxygens (including phenoxy) is 1. The third-order valence-corrected chi connectivity index (χ3v) is 1.10. The van der Waals surface area contributed by atoms with E-state index in [2.05, 4.69) is 0 Å². The van der Waals surface area contributed by atoms with Crippen molar-refractivity contribution in [1.82, 2.24) is 0 Å². The van der Waals surface area contributed by atoms with Crippen LogP contribution in [0.15, 0.2) is 12.2 Å². The highest BCUT2D eigenvalue weighted by molar-refractivity contribution is 5.85. The number of aliphatic carboxylic acids is 1. The molecule has 5 N–H and O–H groups in total. The van der Waals surface area contributed by atoms with Crippen LogP contribution >= 0.6 is 12.4 Å². The summed E-state index contributed by atoms with van der Waals surface area (Å²) in [5.74, 6) is -1.05. The zero-order valence-corrected chi connectivity index (χ0v) is 8.00. The number of carboxylic acids is 1. The maximum Gasteiger partial charge on any atom is 0.324 e. The van der Waals surface area contributed by atoms with E-state index < -0.39 is 12.0 Å². The van der Waals surface area contributed by atoms with Crippen LogP contribution in [0.1, 0.15) is 0 Å². The van der Waals surface area contributed by atoms with Gasteiger partial charge in [0.25, 0.3) is 0 Å². The van der Waals surface area contributed by atoms with Gasteiger partial charge in [0.1, 0.15) is 6.04 Å². The molecule has 0 aliphatic carbocycles. The second-order valence-corrected chi connectivity index (χ2v) is 2.16. The molecule has 78 valence electrons. The van der Waals surface area contributed by atoms with Crippen LogP contribution in [0, 0.1) is 0 Å². The smallest absolute Gasteiger partial charge is 0.324 e. The molecule has 0 aromatic rings. The van der Waals surface area contributed by atoms with Gasteiger partial charge in [-0.25, -0.2) is 0 Å². The van der Waals surface area contributed by atoms with Crippen LogP contribution in [0.25, 0.3) is 0 Å². The average molecular weight is 211 g/mol. The lowest BCUT2D eigenvalue weighted by Gasteiger charge is -1.98. The zero-order valence-electron chi connectivity index (χ0n) is 7.18. The van der Waals surface area contributed by atoms with Crippen LogP contribution in [0.2, 0.25) is 0 Å². The Morgan fingerprint density at radius 1 is 1.62 bits per heavy atom. The molecule has 1 atom stereocenters. The van der Waals surface area contributed by atoms with Crippen LogP contribution in [0.3, 0.4) is 0 Å². The van der Waals surface area contributed by atoms with Gasteiger partial charge in [0, 0.05) is 6.54 Å². The van der Waals surface area contributed by atoms with E-state index in [1.807, 2.05) is 0 Å². The second kappa shape index (κ2) is 9.47. The third kappa shape index (κ3) is 9.29. The van der Waals surface area contributed by atoms with E-state index in [0.717, 1.165) is 0 Å². The molecule has 0 aromatic carbocycles.